The lowest BCUT2D eigenvalue weighted by atomic mass is 10.4. The molecule has 0 atom stereocenters. The Morgan fingerprint density at radius 1 is 1.31 bits per heavy atom. The highest BCUT2D eigenvalue weighted by atomic mass is 32.2. The van der Waals surface area contributed by atoms with Gasteiger partial charge in [0.1, 0.15) is 0 Å². The Morgan fingerprint density at radius 2 is 2.12 bits per heavy atom. The van der Waals surface area contributed by atoms with Crippen molar-refractivity contribution in [1.29, 1.82) is 0 Å². The minimum Gasteiger partial charge on any atom is -0.338 e. The van der Waals surface area contributed by atoms with E-state index in [1.807, 2.05) is 25.2 Å². The molecule has 0 saturated heterocycles. The van der Waals surface area contributed by atoms with Crippen LogP contribution in [-0.2, 0) is 12.3 Å². The normalized spacial score (nSPS) is 10.6. The van der Waals surface area contributed by atoms with Gasteiger partial charge in [-0.1, -0.05) is 23.4 Å². The van der Waals surface area contributed by atoms with E-state index in [1.54, 1.807) is 11.8 Å². The van der Waals surface area contributed by atoms with Gasteiger partial charge in [0.2, 0.25) is 5.89 Å². The Hall–Kier alpha value is -1.33. The second-order valence-electron chi connectivity index (χ2n) is 3.24. The number of nitrogens with one attached hydrogen (secondary N) is 1. The molecule has 0 fully saturated rings. The summed E-state index contributed by atoms with van der Waals surface area (Å²) in [4.78, 5) is 5.46. The maximum atomic E-state index is 5.12. The smallest absolute Gasteiger partial charge is 0.237 e. The van der Waals surface area contributed by atoms with Crippen molar-refractivity contribution in [2.24, 2.45) is 0 Å². The fraction of sp³-hybridized carbons (Fsp3) is 0.273. The molecular weight excluding hydrogens is 222 g/mol. The van der Waals surface area contributed by atoms with E-state index in [9.17, 15) is 0 Å². The van der Waals surface area contributed by atoms with Crippen molar-refractivity contribution in [1.82, 2.24) is 15.5 Å². The summed E-state index contributed by atoms with van der Waals surface area (Å²) in [5.41, 5.74) is 0. The Labute approximate surface area is 98.4 Å². The van der Waals surface area contributed by atoms with Gasteiger partial charge in [-0.2, -0.15) is 4.98 Å². The zero-order valence-electron chi connectivity index (χ0n) is 9.01. The maximum Gasteiger partial charge on any atom is 0.237 e. The minimum atomic E-state index is 0.638. The van der Waals surface area contributed by atoms with Crippen LogP contribution in [0.1, 0.15) is 11.7 Å². The van der Waals surface area contributed by atoms with Crippen molar-refractivity contribution < 1.29 is 4.52 Å². The van der Waals surface area contributed by atoms with Gasteiger partial charge in [-0.15, -0.1) is 11.8 Å². The second kappa shape index (κ2) is 5.67. The van der Waals surface area contributed by atoms with E-state index in [-0.39, 0.29) is 0 Å². The van der Waals surface area contributed by atoms with Crippen molar-refractivity contribution >= 4 is 11.8 Å². The molecule has 4 nitrogen and oxygen atoms in total. The predicted octanol–water partition coefficient (Wildman–Crippen LogP) is 2.08. The van der Waals surface area contributed by atoms with Crippen LogP contribution < -0.4 is 5.32 Å². The SMILES string of the molecule is CNCc1noc(CSc2ccccc2)n1. The summed E-state index contributed by atoms with van der Waals surface area (Å²) in [5, 5.41) is 6.84. The van der Waals surface area contributed by atoms with Gasteiger partial charge >= 0.3 is 0 Å². The van der Waals surface area contributed by atoms with E-state index in [2.05, 4.69) is 27.6 Å². The van der Waals surface area contributed by atoms with Gasteiger partial charge in [0.15, 0.2) is 5.82 Å². The monoisotopic (exact) mass is 235 g/mol. The highest BCUT2D eigenvalue weighted by molar-refractivity contribution is 7.98. The van der Waals surface area contributed by atoms with Gasteiger partial charge in [0.25, 0.3) is 0 Å². The summed E-state index contributed by atoms with van der Waals surface area (Å²) in [6.45, 7) is 0.638. The first-order valence-electron chi connectivity index (χ1n) is 5.02. The van der Waals surface area contributed by atoms with Gasteiger partial charge in [0.05, 0.1) is 12.3 Å². The number of hydrogen-bond acceptors (Lipinski definition) is 5. The fourth-order valence-electron chi connectivity index (χ4n) is 1.24. The molecular formula is C11H13N3OS. The number of nitrogens with zero attached hydrogens (tertiary/aromatic N) is 2. The lowest BCUT2D eigenvalue weighted by Crippen LogP contribution is -2.06. The quantitative estimate of drug-likeness (QED) is 0.804. The van der Waals surface area contributed by atoms with Crippen molar-refractivity contribution in [3.8, 4) is 0 Å². The maximum absolute atomic E-state index is 5.12. The van der Waals surface area contributed by atoms with E-state index in [1.165, 1.54) is 4.90 Å². The highest BCUT2D eigenvalue weighted by Gasteiger charge is 2.05. The Bertz CT molecular complexity index is 430. The van der Waals surface area contributed by atoms with Crippen LogP contribution in [-0.4, -0.2) is 17.2 Å². The molecule has 1 aromatic carbocycles. The molecule has 0 radical (unpaired) electrons. The van der Waals surface area contributed by atoms with Gasteiger partial charge < -0.3 is 9.84 Å². The van der Waals surface area contributed by atoms with E-state index in [0.717, 1.165) is 0 Å². The molecule has 0 spiro atoms. The zero-order chi connectivity index (χ0) is 11.2. The molecule has 16 heavy (non-hydrogen) atoms. The summed E-state index contributed by atoms with van der Waals surface area (Å²) in [6.07, 6.45) is 0. The molecule has 2 aromatic rings. The largest absolute Gasteiger partial charge is 0.338 e. The predicted molar refractivity (Wildman–Crippen MR) is 63.1 cm³/mol. The molecule has 0 bridgehead atoms. The Balaban J connectivity index is 1.89. The number of hydrogen-bond donors (Lipinski definition) is 1. The molecule has 0 saturated carbocycles. The molecule has 0 aliphatic heterocycles. The average Bonchev–Trinajstić information content (AvgIpc) is 2.76. The third kappa shape index (κ3) is 3.08. The summed E-state index contributed by atoms with van der Waals surface area (Å²) in [5.74, 6) is 2.08. The number of thioether (sulfide) groups is 1. The van der Waals surface area contributed by atoms with E-state index in [0.29, 0.717) is 24.0 Å². The molecule has 0 aliphatic rings. The summed E-state index contributed by atoms with van der Waals surface area (Å²) in [7, 11) is 1.86. The van der Waals surface area contributed by atoms with Crippen molar-refractivity contribution in [3.05, 3.63) is 42.0 Å². The van der Waals surface area contributed by atoms with Crippen LogP contribution in [0.2, 0.25) is 0 Å². The number of aromatic nitrogens is 2. The van der Waals surface area contributed by atoms with Crippen LogP contribution in [0.25, 0.3) is 0 Å². The van der Waals surface area contributed by atoms with Crippen LogP contribution in [0.15, 0.2) is 39.8 Å². The van der Waals surface area contributed by atoms with Gasteiger partial charge in [-0.3, -0.25) is 0 Å². The van der Waals surface area contributed by atoms with Crippen LogP contribution in [0.3, 0.4) is 0 Å². The third-order valence-electron chi connectivity index (χ3n) is 1.95. The van der Waals surface area contributed by atoms with E-state index in [4.69, 9.17) is 4.52 Å². The topological polar surface area (TPSA) is 51.0 Å². The second-order valence-corrected chi connectivity index (χ2v) is 4.29. The van der Waals surface area contributed by atoms with Crippen LogP contribution in [0.4, 0.5) is 0 Å². The average molecular weight is 235 g/mol. The molecule has 1 N–H and O–H groups in total. The van der Waals surface area contributed by atoms with Gasteiger partial charge in [-0.05, 0) is 19.2 Å². The molecule has 1 heterocycles. The van der Waals surface area contributed by atoms with Crippen LogP contribution in [0.5, 0.6) is 0 Å². The van der Waals surface area contributed by atoms with Crippen molar-refractivity contribution in [3.63, 3.8) is 0 Å². The first-order chi connectivity index (χ1) is 7.88. The first-order valence-corrected chi connectivity index (χ1v) is 6.01. The summed E-state index contributed by atoms with van der Waals surface area (Å²) in [6, 6.07) is 10.2. The lowest BCUT2D eigenvalue weighted by Gasteiger charge is -1.96. The molecule has 0 unspecified atom stereocenters. The molecule has 0 aliphatic carbocycles. The molecule has 0 amide bonds. The lowest BCUT2D eigenvalue weighted by molar-refractivity contribution is 0.384. The van der Waals surface area contributed by atoms with E-state index < -0.39 is 0 Å². The van der Waals surface area contributed by atoms with E-state index >= 15 is 0 Å². The highest BCUT2D eigenvalue weighted by Crippen LogP contribution is 2.21. The third-order valence-corrected chi connectivity index (χ3v) is 2.95. The minimum absolute atomic E-state index is 0.638. The summed E-state index contributed by atoms with van der Waals surface area (Å²) >= 11 is 1.69. The Morgan fingerprint density at radius 3 is 2.88 bits per heavy atom. The number of rotatable bonds is 5. The number of benzene rings is 1. The van der Waals surface area contributed by atoms with Crippen molar-refractivity contribution in [2.45, 2.75) is 17.2 Å². The molecule has 5 heteroatoms. The summed E-state index contributed by atoms with van der Waals surface area (Å²) < 4.78 is 5.12. The van der Waals surface area contributed by atoms with Crippen molar-refractivity contribution in [2.75, 3.05) is 7.05 Å². The first kappa shape index (κ1) is 11.2. The zero-order valence-corrected chi connectivity index (χ0v) is 9.83. The molecule has 2 rings (SSSR count). The van der Waals surface area contributed by atoms with Crippen LogP contribution >= 0.6 is 11.8 Å². The molecule has 84 valence electrons. The Kier molecular flexibility index (Phi) is 3.96. The van der Waals surface area contributed by atoms with Gasteiger partial charge in [0, 0.05) is 4.90 Å². The standard InChI is InChI=1S/C11H13N3OS/c1-12-7-10-13-11(15-14-10)8-16-9-5-3-2-4-6-9/h2-6,12H,7-8H2,1H3. The van der Waals surface area contributed by atoms with Crippen LogP contribution in [0, 0.1) is 0 Å². The fourth-order valence-corrected chi connectivity index (χ4v) is 2.00. The van der Waals surface area contributed by atoms with Gasteiger partial charge in [-0.25, -0.2) is 0 Å². The molecule has 1 aromatic heterocycles.